The van der Waals surface area contributed by atoms with Crippen molar-refractivity contribution in [3.05, 3.63) is 84.2 Å². The summed E-state index contributed by atoms with van der Waals surface area (Å²) in [6.45, 7) is 4.92. The fourth-order valence-electron chi connectivity index (χ4n) is 3.36. The highest BCUT2D eigenvalue weighted by atomic mass is 16.3. The quantitative estimate of drug-likeness (QED) is 0.496. The monoisotopic (exact) mass is 402 g/mol. The minimum absolute atomic E-state index is 0.00783. The van der Waals surface area contributed by atoms with Gasteiger partial charge in [-0.25, -0.2) is 0 Å². The minimum Gasteiger partial charge on any atom is -0.396 e. The molecule has 30 heavy (non-hydrogen) atoms. The molecule has 4 aromatic rings. The second kappa shape index (κ2) is 8.16. The van der Waals surface area contributed by atoms with Crippen LogP contribution >= 0.6 is 0 Å². The third kappa shape index (κ3) is 4.14. The maximum atomic E-state index is 12.9. The van der Waals surface area contributed by atoms with Crippen LogP contribution in [0.3, 0.4) is 0 Å². The Labute approximate surface area is 175 Å². The fraction of sp³-hybridized carbons (Fsp3) is 0.250. The number of amides is 1. The van der Waals surface area contributed by atoms with Gasteiger partial charge in [0.25, 0.3) is 5.91 Å². The topological polar surface area (TPSA) is 71.6 Å². The molecule has 6 nitrogen and oxygen atoms in total. The van der Waals surface area contributed by atoms with E-state index >= 15 is 0 Å². The van der Waals surface area contributed by atoms with Crippen LogP contribution in [0.2, 0.25) is 0 Å². The predicted octanol–water partition coefficient (Wildman–Crippen LogP) is 3.60. The summed E-state index contributed by atoms with van der Waals surface area (Å²) in [7, 11) is 0. The van der Waals surface area contributed by atoms with E-state index in [2.05, 4.69) is 17.4 Å². The van der Waals surface area contributed by atoms with Gasteiger partial charge < -0.3 is 14.8 Å². The Kier molecular flexibility index (Phi) is 5.42. The number of hydrogen-bond donors (Lipinski definition) is 2. The minimum atomic E-state index is -0.371. The van der Waals surface area contributed by atoms with Crippen LogP contribution in [-0.4, -0.2) is 38.3 Å². The summed E-state index contributed by atoms with van der Waals surface area (Å²) < 4.78 is 3.89. The number of aromatic nitrogens is 3. The van der Waals surface area contributed by atoms with E-state index in [4.69, 9.17) is 5.10 Å². The van der Waals surface area contributed by atoms with Gasteiger partial charge in [0.1, 0.15) is 5.69 Å². The Bertz CT molecular complexity index is 1160. The lowest BCUT2D eigenvalue weighted by Crippen LogP contribution is -2.36. The molecule has 0 aliphatic carbocycles. The van der Waals surface area contributed by atoms with Crippen LogP contribution in [0.25, 0.3) is 16.9 Å². The number of rotatable bonds is 7. The molecule has 3 heterocycles. The third-order valence-corrected chi connectivity index (χ3v) is 5.17. The maximum Gasteiger partial charge on any atom is 0.253 e. The van der Waals surface area contributed by atoms with Crippen LogP contribution in [0.15, 0.2) is 73.1 Å². The molecule has 0 atom stereocenters. The van der Waals surface area contributed by atoms with Crippen LogP contribution in [0, 0.1) is 5.41 Å². The number of aliphatic hydroxyl groups excluding tert-OH is 1. The second-order valence-electron chi connectivity index (χ2n) is 8.29. The first-order valence-corrected chi connectivity index (χ1v) is 10.0. The highest BCUT2D eigenvalue weighted by Gasteiger charge is 2.21. The van der Waals surface area contributed by atoms with E-state index in [1.54, 1.807) is 0 Å². The number of nitrogens with one attached hydrogen (secondary N) is 1. The molecule has 0 bridgehead atoms. The average Bonchev–Trinajstić information content (AvgIpc) is 3.37. The Morgan fingerprint density at radius 2 is 1.83 bits per heavy atom. The number of benzene rings is 1. The standard InChI is InChI=1S/C24H26N4O2/c1-24(2,17-29)16-25-23(30)19-14-22(28-12-7-6-10-21(19)28)20-11-13-27(26-20)15-18-8-4-3-5-9-18/h3-14,29H,15-17H2,1-2H3,(H,25,30). The molecule has 3 aromatic heterocycles. The number of carbonyl (C=O) groups is 1. The maximum absolute atomic E-state index is 12.9. The van der Waals surface area contributed by atoms with Crippen LogP contribution in [0.5, 0.6) is 0 Å². The van der Waals surface area contributed by atoms with Crippen LogP contribution in [0.4, 0.5) is 0 Å². The van der Waals surface area contributed by atoms with Gasteiger partial charge in [0.05, 0.1) is 23.3 Å². The van der Waals surface area contributed by atoms with Crippen molar-refractivity contribution < 1.29 is 9.90 Å². The number of hydrogen-bond acceptors (Lipinski definition) is 3. The molecule has 1 amide bonds. The summed E-state index contributed by atoms with van der Waals surface area (Å²) in [5.74, 6) is -0.157. The van der Waals surface area contributed by atoms with Crippen molar-refractivity contribution in [1.29, 1.82) is 0 Å². The first-order chi connectivity index (χ1) is 14.5. The molecule has 0 aliphatic heterocycles. The highest BCUT2D eigenvalue weighted by molar-refractivity contribution is 6.02. The normalized spacial score (nSPS) is 11.7. The molecule has 0 radical (unpaired) electrons. The molecule has 0 saturated heterocycles. The van der Waals surface area contributed by atoms with Gasteiger partial charge in [0, 0.05) is 31.0 Å². The molecule has 0 fully saturated rings. The first kappa shape index (κ1) is 19.9. The van der Waals surface area contributed by atoms with Gasteiger partial charge in [0.2, 0.25) is 0 Å². The second-order valence-corrected chi connectivity index (χ2v) is 8.29. The van der Waals surface area contributed by atoms with Crippen LogP contribution in [-0.2, 0) is 6.54 Å². The Balaban J connectivity index is 1.63. The van der Waals surface area contributed by atoms with Crippen molar-refractivity contribution in [2.75, 3.05) is 13.2 Å². The molecule has 6 heteroatoms. The van der Waals surface area contributed by atoms with Crippen molar-refractivity contribution in [3.8, 4) is 11.4 Å². The summed E-state index contributed by atoms with van der Waals surface area (Å²) in [6, 6.07) is 19.8. The largest absolute Gasteiger partial charge is 0.396 e. The number of pyridine rings is 1. The van der Waals surface area contributed by atoms with Crippen molar-refractivity contribution >= 4 is 11.4 Å². The molecule has 0 unspecified atom stereocenters. The number of nitrogens with zero attached hydrogens (tertiary/aromatic N) is 3. The van der Waals surface area contributed by atoms with Crippen molar-refractivity contribution in [3.63, 3.8) is 0 Å². The smallest absolute Gasteiger partial charge is 0.253 e. The zero-order valence-corrected chi connectivity index (χ0v) is 17.2. The summed E-state index contributed by atoms with van der Waals surface area (Å²) >= 11 is 0. The Morgan fingerprint density at radius 1 is 1.07 bits per heavy atom. The molecule has 154 valence electrons. The van der Waals surface area contributed by atoms with Gasteiger partial charge in [-0.3, -0.25) is 9.48 Å². The van der Waals surface area contributed by atoms with Gasteiger partial charge in [0.15, 0.2) is 0 Å². The third-order valence-electron chi connectivity index (χ3n) is 5.17. The zero-order valence-electron chi connectivity index (χ0n) is 17.2. The molecule has 0 aliphatic rings. The van der Waals surface area contributed by atoms with E-state index in [0.29, 0.717) is 18.7 Å². The number of fused-ring (bicyclic) bond motifs is 1. The molecule has 2 N–H and O–H groups in total. The van der Waals surface area contributed by atoms with E-state index in [0.717, 1.165) is 16.9 Å². The number of aliphatic hydroxyl groups is 1. The molecular formula is C24H26N4O2. The van der Waals surface area contributed by atoms with Crippen molar-refractivity contribution in [1.82, 2.24) is 19.5 Å². The first-order valence-electron chi connectivity index (χ1n) is 10.0. The number of carbonyl (C=O) groups excluding carboxylic acids is 1. The lowest BCUT2D eigenvalue weighted by Gasteiger charge is -2.21. The summed E-state index contributed by atoms with van der Waals surface area (Å²) in [5.41, 5.74) is 3.90. The predicted molar refractivity (Wildman–Crippen MR) is 117 cm³/mol. The molecule has 0 saturated carbocycles. The Morgan fingerprint density at radius 3 is 2.60 bits per heavy atom. The molecule has 0 spiro atoms. The average molecular weight is 402 g/mol. The molecule has 4 rings (SSSR count). The van der Waals surface area contributed by atoms with E-state index in [1.807, 2.05) is 83.9 Å². The summed E-state index contributed by atoms with van der Waals surface area (Å²) in [5, 5.41) is 17.1. The summed E-state index contributed by atoms with van der Waals surface area (Å²) in [4.78, 5) is 12.9. The fourth-order valence-corrected chi connectivity index (χ4v) is 3.36. The van der Waals surface area contributed by atoms with Gasteiger partial charge in [-0.1, -0.05) is 50.2 Å². The lowest BCUT2D eigenvalue weighted by molar-refractivity contribution is 0.0913. The van der Waals surface area contributed by atoms with E-state index < -0.39 is 0 Å². The van der Waals surface area contributed by atoms with Gasteiger partial charge in [-0.05, 0) is 29.8 Å². The zero-order chi connectivity index (χ0) is 21.1. The van der Waals surface area contributed by atoms with E-state index in [9.17, 15) is 9.90 Å². The van der Waals surface area contributed by atoms with E-state index in [1.165, 1.54) is 5.56 Å². The summed E-state index contributed by atoms with van der Waals surface area (Å²) in [6.07, 6.45) is 3.89. The van der Waals surface area contributed by atoms with Gasteiger partial charge in [-0.15, -0.1) is 0 Å². The van der Waals surface area contributed by atoms with Crippen molar-refractivity contribution in [2.45, 2.75) is 20.4 Å². The molecule has 1 aromatic carbocycles. The van der Waals surface area contributed by atoms with Gasteiger partial charge >= 0.3 is 0 Å². The lowest BCUT2D eigenvalue weighted by atomic mass is 9.95. The SMILES string of the molecule is CC(C)(CO)CNC(=O)c1cc(-c2ccn(Cc3ccccc3)n2)n2ccccc12. The van der Waals surface area contributed by atoms with Crippen LogP contribution in [0.1, 0.15) is 29.8 Å². The Hall–Kier alpha value is -3.38. The highest BCUT2D eigenvalue weighted by Crippen LogP contribution is 2.25. The van der Waals surface area contributed by atoms with E-state index in [-0.39, 0.29) is 17.9 Å². The van der Waals surface area contributed by atoms with Crippen molar-refractivity contribution in [2.24, 2.45) is 5.41 Å². The van der Waals surface area contributed by atoms with Gasteiger partial charge in [-0.2, -0.15) is 5.10 Å². The molecular weight excluding hydrogens is 376 g/mol. The van der Waals surface area contributed by atoms with Crippen LogP contribution < -0.4 is 5.32 Å².